The number of pyridine rings is 1. The van der Waals surface area contributed by atoms with Gasteiger partial charge in [0, 0.05) is 38.1 Å². The van der Waals surface area contributed by atoms with Gasteiger partial charge in [-0.2, -0.15) is 0 Å². The van der Waals surface area contributed by atoms with E-state index in [2.05, 4.69) is 20.5 Å². The van der Waals surface area contributed by atoms with Gasteiger partial charge < -0.3 is 10.6 Å². The van der Waals surface area contributed by atoms with Gasteiger partial charge in [0.25, 0.3) is 0 Å². The summed E-state index contributed by atoms with van der Waals surface area (Å²) >= 11 is 0. The van der Waals surface area contributed by atoms with Gasteiger partial charge in [0.1, 0.15) is 5.82 Å². The van der Waals surface area contributed by atoms with Crippen LogP contribution in [0.4, 0.5) is 14.9 Å². The van der Waals surface area contributed by atoms with E-state index in [1.807, 2.05) is 12.1 Å². The van der Waals surface area contributed by atoms with Crippen molar-refractivity contribution < 1.29 is 9.18 Å². The monoisotopic (exact) mass is 328 g/mol. The van der Waals surface area contributed by atoms with E-state index in [9.17, 15) is 9.18 Å². The Morgan fingerprint density at radius 3 is 2.58 bits per heavy atom. The van der Waals surface area contributed by atoms with Gasteiger partial charge in [-0.15, -0.1) is 0 Å². The van der Waals surface area contributed by atoms with Crippen LogP contribution in [0.5, 0.6) is 0 Å². The highest BCUT2D eigenvalue weighted by atomic mass is 19.1. The van der Waals surface area contributed by atoms with Crippen LogP contribution in [0.25, 0.3) is 0 Å². The third-order valence-corrected chi connectivity index (χ3v) is 4.20. The van der Waals surface area contributed by atoms with Crippen molar-refractivity contribution in [3.8, 4) is 0 Å². The first-order valence-electron chi connectivity index (χ1n) is 8.14. The molecule has 0 unspecified atom stereocenters. The summed E-state index contributed by atoms with van der Waals surface area (Å²) < 4.78 is 13.5. The van der Waals surface area contributed by atoms with Crippen LogP contribution in [0.1, 0.15) is 18.4 Å². The van der Waals surface area contributed by atoms with Gasteiger partial charge in [-0.1, -0.05) is 12.1 Å². The van der Waals surface area contributed by atoms with E-state index in [0.29, 0.717) is 0 Å². The Hall–Kier alpha value is -2.47. The van der Waals surface area contributed by atoms with Gasteiger partial charge in [0.15, 0.2) is 0 Å². The number of likely N-dealkylation sites (tertiary alicyclic amines) is 1. The number of hydrogen-bond donors (Lipinski definition) is 2. The highest BCUT2D eigenvalue weighted by molar-refractivity contribution is 5.89. The van der Waals surface area contributed by atoms with Gasteiger partial charge in [-0.3, -0.25) is 9.88 Å². The predicted molar refractivity (Wildman–Crippen MR) is 91.1 cm³/mol. The molecule has 1 saturated heterocycles. The molecule has 24 heavy (non-hydrogen) atoms. The molecule has 126 valence electrons. The minimum absolute atomic E-state index is 0.116. The Balaban J connectivity index is 1.43. The molecule has 0 aliphatic carbocycles. The topological polar surface area (TPSA) is 57.3 Å². The maximum absolute atomic E-state index is 13.5. The number of nitrogens with zero attached hydrogens (tertiary/aromatic N) is 2. The summed E-state index contributed by atoms with van der Waals surface area (Å²) in [4.78, 5) is 18.4. The number of carbonyl (C=O) groups is 1. The summed E-state index contributed by atoms with van der Waals surface area (Å²) in [6.07, 6.45) is 5.37. The predicted octanol–water partition coefficient (Wildman–Crippen LogP) is 3.01. The fourth-order valence-corrected chi connectivity index (χ4v) is 2.89. The van der Waals surface area contributed by atoms with Crippen molar-refractivity contribution in [2.45, 2.75) is 25.4 Å². The van der Waals surface area contributed by atoms with E-state index in [-0.39, 0.29) is 17.8 Å². The molecule has 0 bridgehead atoms. The summed E-state index contributed by atoms with van der Waals surface area (Å²) in [5.74, 6) is -0.431. The number of hydrogen-bond acceptors (Lipinski definition) is 3. The summed E-state index contributed by atoms with van der Waals surface area (Å²) in [5.41, 5.74) is 1.44. The van der Waals surface area contributed by atoms with Crippen LogP contribution in [0.3, 0.4) is 0 Å². The first-order valence-corrected chi connectivity index (χ1v) is 8.14. The zero-order chi connectivity index (χ0) is 16.8. The average Bonchev–Trinajstić information content (AvgIpc) is 2.60. The van der Waals surface area contributed by atoms with Crippen molar-refractivity contribution in [1.29, 1.82) is 0 Å². The largest absolute Gasteiger partial charge is 0.335 e. The molecule has 1 aliphatic rings. The van der Waals surface area contributed by atoms with Crippen molar-refractivity contribution in [3.05, 3.63) is 60.2 Å². The molecule has 3 rings (SSSR count). The lowest BCUT2D eigenvalue weighted by molar-refractivity contribution is 0.190. The van der Waals surface area contributed by atoms with Gasteiger partial charge in [0.2, 0.25) is 0 Å². The molecule has 2 heterocycles. The second-order valence-corrected chi connectivity index (χ2v) is 5.98. The van der Waals surface area contributed by atoms with Crippen LogP contribution in [-0.4, -0.2) is 35.0 Å². The van der Waals surface area contributed by atoms with Crippen LogP contribution < -0.4 is 10.6 Å². The number of piperidine rings is 1. The molecule has 5 nitrogen and oxygen atoms in total. The molecule has 0 atom stereocenters. The third-order valence-electron chi connectivity index (χ3n) is 4.20. The average molecular weight is 328 g/mol. The normalized spacial score (nSPS) is 15.9. The Kier molecular flexibility index (Phi) is 5.38. The summed E-state index contributed by atoms with van der Waals surface area (Å²) in [5, 5.41) is 5.49. The molecular weight excluding hydrogens is 307 g/mol. The van der Waals surface area contributed by atoms with Crippen molar-refractivity contribution in [3.63, 3.8) is 0 Å². The number of urea groups is 1. The van der Waals surface area contributed by atoms with Crippen molar-refractivity contribution in [1.82, 2.24) is 15.2 Å². The molecule has 1 aromatic carbocycles. The minimum atomic E-state index is -0.431. The number of anilines is 1. The number of amides is 2. The molecule has 0 saturated carbocycles. The van der Waals surface area contributed by atoms with E-state index in [1.165, 1.54) is 11.6 Å². The Bertz CT molecular complexity index is 672. The molecule has 0 radical (unpaired) electrons. The molecule has 2 amide bonds. The Morgan fingerprint density at radius 1 is 1.17 bits per heavy atom. The number of benzene rings is 1. The van der Waals surface area contributed by atoms with Crippen LogP contribution in [-0.2, 0) is 6.54 Å². The molecule has 2 N–H and O–H groups in total. The van der Waals surface area contributed by atoms with Crippen molar-refractivity contribution in [2.75, 3.05) is 18.4 Å². The number of carbonyl (C=O) groups excluding carboxylic acids is 1. The Morgan fingerprint density at radius 2 is 1.88 bits per heavy atom. The fraction of sp³-hybridized carbons (Fsp3) is 0.333. The van der Waals surface area contributed by atoms with E-state index in [0.717, 1.165) is 32.5 Å². The van der Waals surface area contributed by atoms with E-state index in [1.54, 1.807) is 30.6 Å². The van der Waals surface area contributed by atoms with Gasteiger partial charge in [0.05, 0.1) is 5.69 Å². The molecule has 6 heteroatoms. The number of nitrogens with one attached hydrogen (secondary N) is 2. The molecule has 0 spiro atoms. The first-order chi connectivity index (χ1) is 11.7. The van der Waals surface area contributed by atoms with E-state index >= 15 is 0 Å². The van der Waals surface area contributed by atoms with Crippen molar-refractivity contribution >= 4 is 11.7 Å². The van der Waals surface area contributed by atoms with Crippen molar-refractivity contribution in [2.24, 2.45) is 0 Å². The van der Waals surface area contributed by atoms with Crippen LogP contribution in [0, 0.1) is 5.82 Å². The minimum Gasteiger partial charge on any atom is -0.335 e. The van der Waals surface area contributed by atoms with Gasteiger partial charge in [-0.25, -0.2) is 9.18 Å². The van der Waals surface area contributed by atoms with Crippen LogP contribution in [0.2, 0.25) is 0 Å². The highest BCUT2D eigenvalue weighted by Crippen LogP contribution is 2.15. The number of rotatable bonds is 4. The van der Waals surface area contributed by atoms with Crippen LogP contribution >= 0.6 is 0 Å². The first kappa shape index (κ1) is 16.4. The second kappa shape index (κ2) is 7.88. The molecule has 1 aliphatic heterocycles. The zero-order valence-corrected chi connectivity index (χ0v) is 13.4. The van der Waals surface area contributed by atoms with Gasteiger partial charge >= 0.3 is 6.03 Å². The van der Waals surface area contributed by atoms with Gasteiger partial charge in [-0.05, 0) is 42.7 Å². The highest BCUT2D eigenvalue weighted by Gasteiger charge is 2.21. The lowest BCUT2D eigenvalue weighted by Gasteiger charge is -2.32. The summed E-state index contributed by atoms with van der Waals surface area (Å²) in [6, 6.07) is 9.96. The maximum Gasteiger partial charge on any atom is 0.319 e. The lowest BCUT2D eigenvalue weighted by atomic mass is 10.0. The summed E-state index contributed by atoms with van der Waals surface area (Å²) in [7, 11) is 0. The maximum atomic E-state index is 13.5. The standard InChI is InChI=1S/C18H21FN4O/c19-16-3-1-2-4-17(16)22-18(24)21-15-7-11-23(12-8-15)13-14-5-9-20-10-6-14/h1-6,9-10,15H,7-8,11-13H2,(H2,21,22,24). The van der Waals surface area contributed by atoms with E-state index < -0.39 is 5.82 Å². The lowest BCUT2D eigenvalue weighted by Crippen LogP contribution is -2.45. The fourth-order valence-electron chi connectivity index (χ4n) is 2.89. The van der Waals surface area contributed by atoms with E-state index in [4.69, 9.17) is 0 Å². The second-order valence-electron chi connectivity index (χ2n) is 5.98. The quantitative estimate of drug-likeness (QED) is 0.907. The number of aromatic nitrogens is 1. The molecule has 1 fully saturated rings. The SMILES string of the molecule is O=C(Nc1ccccc1F)NC1CCN(Cc2ccncc2)CC1. The summed E-state index contributed by atoms with van der Waals surface area (Å²) in [6.45, 7) is 2.75. The number of halogens is 1. The Labute approximate surface area is 140 Å². The molecule has 2 aromatic rings. The molecular formula is C18H21FN4O. The smallest absolute Gasteiger partial charge is 0.319 e. The van der Waals surface area contributed by atoms with Crippen LogP contribution in [0.15, 0.2) is 48.8 Å². The number of para-hydroxylation sites is 1. The molecule has 1 aromatic heterocycles. The third kappa shape index (κ3) is 4.52. The zero-order valence-electron chi connectivity index (χ0n) is 13.4.